The van der Waals surface area contributed by atoms with Crippen LogP contribution in [-0.4, -0.2) is 0 Å². The molecule has 0 atom stereocenters. The first-order valence-corrected chi connectivity index (χ1v) is 5.55. The molecule has 0 radical (unpaired) electrons. The first-order chi connectivity index (χ1) is 8.25. The van der Waals surface area contributed by atoms with Gasteiger partial charge < -0.3 is 0 Å². The highest BCUT2D eigenvalue weighted by Crippen LogP contribution is 2.18. The maximum absolute atomic E-state index is 4.14. The second kappa shape index (κ2) is 5.25. The summed E-state index contributed by atoms with van der Waals surface area (Å²) in [4.78, 5) is 0. The minimum Gasteiger partial charge on any atom is -0.260 e. The van der Waals surface area contributed by atoms with Gasteiger partial charge in [0, 0.05) is 0 Å². The molecule has 0 spiro atoms. The van der Waals surface area contributed by atoms with Crippen molar-refractivity contribution in [3.05, 3.63) is 59.7 Å². The molecule has 2 rings (SSSR count). The largest absolute Gasteiger partial charge is 0.260 e. The van der Waals surface area contributed by atoms with E-state index in [4.69, 9.17) is 0 Å². The molecule has 0 heterocycles. The van der Waals surface area contributed by atoms with Crippen molar-refractivity contribution in [1.82, 2.24) is 0 Å². The number of benzene rings is 2. The summed E-state index contributed by atoms with van der Waals surface area (Å²) in [5.74, 6) is 0. The van der Waals surface area contributed by atoms with Gasteiger partial charge in [-0.3, -0.25) is 5.43 Å². The highest BCUT2D eigenvalue weighted by Gasteiger charge is 1.93. The molecule has 0 saturated heterocycles. The first kappa shape index (κ1) is 11.3. The van der Waals surface area contributed by atoms with Crippen molar-refractivity contribution >= 4 is 11.4 Å². The monoisotopic (exact) mass is 225 g/mol. The van der Waals surface area contributed by atoms with Crippen LogP contribution in [0.25, 0.3) is 0 Å². The van der Waals surface area contributed by atoms with Gasteiger partial charge in [0.2, 0.25) is 0 Å². The van der Waals surface area contributed by atoms with Gasteiger partial charge in [-0.05, 0) is 43.2 Å². The fraction of sp³-hybridized carbons (Fsp3) is 0.143. The highest BCUT2D eigenvalue weighted by molar-refractivity contribution is 5.46. The molecule has 0 aliphatic rings. The molecule has 3 heteroatoms. The Morgan fingerprint density at radius 3 is 2.53 bits per heavy atom. The third-order valence-electron chi connectivity index (χ3n) is 2.47. The summed E-state index contributed by atoms with van der Waals surface area (Å²) in [6.45, 7) is 4.06. The molecular weight excluding hydrogens is 210 g/mol. The lowest BCUT2D eigenvalue weighted by atomic mass is 10.2. The van der Waals surface area contributed by atoms with Gasteiger partial charge in [-0.2, -0.15) is 0 Å². The molecule has 0 fully saturated rings. The Hall–Kier alpha value is -2.16. The first-order valence-electron chi connectivity index (χ1n) is 5.55. The summed E-state index contributed by atoms with van der Waals surface area (Å²) in [6.07, 6.45) is 0. The second-order valence-corrected chi connectivity index (χ2v) is 3.97. The summed E-state index contributed by atoms with van der Waals surface area (Å²) in [5.41, 5.74) is 7.06. The summed E-state index contributed by atoms with van der Waals surface area (Å²) >= 11 is 0. The van der Waals surface area contributed by atoms with Crippen molar-refractivity contribution in [1.29, 1.82) is 0 Å². The van der Waals surface area contributed by atoms with E-state index in [9.17, 15) is 0 Å². The fourth-order valence-corrected chi connectivity index (χ4v) is 1.53. The molecule has 2 aromatic rings. The molecule has 0 amide bonds. The van der Waals surface area contributed by atoms with Crippen LogP contribution < -0.4 is 5.43 Å². The third kappa shape index (κ3) is 3.14. The van der Waals surface area contributed by atoms with Crippen molar-refractivity contribution in [2.24, 2.45) is 10.3 Å². The van der Waals surface area contributed by atoms with Crippen LogP contribution in [0.2, 0.25) is 0 Å². The minimum atomic E-state index is 0.882. The highest BCUT2D eigenvalue weighted by atomic mass is 15.4. The van der Waals surface area contributed by atoms with Crippen LogP contribution in [-0.2, 0) is 0 Å². The summed E-state index contributed by atoms with van der Waals surface area (Å²) in [7, 11) is 0. The van der Waals surface area contributed by atoms with Crippen molar-refractivity contribution in [2.45, 2.75) is 13.8 Å². The van der Waals surface area contributed by atoms with Gasteiger partial charge >= 0.3 is 0 Å². The van der Waals surface area contributed by atoms with Gasteiger partial charge in [0.05, 0.1) is 11.4 Å². The molecule has 2 aromatic carbocycles. The Balaban J connectivity index is 2.06. The standard InChI is InChI=1S/C14H15N3/c1-11-6-5-8-13(10-11)15-17-16-14-9-4-3-7-12(14)2/h3-10H,1-2H3,(H,15,16). The minimum absolute atomic E-state index is 0.882. The lowest BCUT2D eigenvalue weighted by Crippen LogP contribution is -1.86. The number of aryl methyl sites for hydroxylation is 2. The number of anilines is 1. The van der Waals surface area contributed by atoms with Crippen LogP contribution >= 0.6 is 0 Å². The van der Waals surface area contributed by atoms with E-state index in [0.717, 1.165) is 16.9 Å². The van der Waals surface area contributed by atoms with Gasteiger partial charge in [-0.1, -0.05) is 35.6 Å². The second-order valence-electron chi connectivity index (χ2n) is 3.97. The average Bonchev–Trinajstić information content (AvgIpc) is 2.32. The van der Waals surface area contributed by atoms with E-state index < -0.39 is 0 Å². The Morgan fingerprint density at radius 1 is 0.941 bits per heavy atom. The summed E-state index contributed by atoms with van der Waals surface area (Å²) in [5, 5.41) is 8.13. The normalized spacial score (nSPS) is 10.7. The van der Waals surface area contributed by atoms with E-state index in [-0.39, 0.29) is 0 Å². The molecular formula is C14H15N3. The molecule has 1 N–H and O–H groups in total. The van der Waals surface area contributed by atoms with Crippen LogP contribution in [0, 0.1) is 13.8 Å². The van der Waals surface area contributed by atoms with E-state index >= 15 is 0 Å². The van der Waals surface area contributed by atoms with Crippen LogP contribution in [0.4, 0.5) is 11.4 Å². The zero-order valence-corrected chi connectivity index (χ0v) is 10.0. The lowest BCUT2D eigenvalue weighted by Gasteiger charge is -2.00. The molecule has 0 bridgehead atoms. The van der Waals surface area contributed by atoms with Gasteiger partial charge in [-0.25, -0.2) is 0 Å². The topological polar surface area (TPSA) is 36.8 Å². The molecule has 3 nitrogen and oxygen atoms in total. The molecule has 0 aliphatic carbocycles. The number of hydrogen-bond acceptors (Lipinski definition) is 2. The van der Waals surface area contributed by atoms with E-state index in [1.807, 2.05) is 62.4 Å². The molecule has 0 saturated carbocycles. The predicted octanol–water partition coefficient (Wildman–Crippen LogP) is 4.41. The van der Waals surface area contributed by atoms with Gasteiger partial charge in [-0.15, -0.1) is 5.11 Å². The van der Waals surface area contributed by atoms with Gasteiger partial charge in [0.25, 0.3) is 0 Å². The van der Waals surface area contributed by atoms with E-state index in [0.29, 0.717) is 0 Å². The molecule has 0 aliphatic heterocycles. The maximum Gasteiger partial charge on any atom is 0.0903 e. The summed E-state index contributed by atoms with van der Waals surface area (Å²) < 4.78 is 0. The number of rotatable bonds is 3. The smallest absolute Gasteiger partial charge is 0.0903 e. The Bertz CT molecular complexity index is 532. The van der Waals surface area contributed by atoms with Crippen molar-refractivity contribution in [2.75, 3.05) is 5.43 Å². The zero-order chi connectivity index (χ0) is 12.1. The number of nitrogens with one attached hydrogen (secondary N) is 1. The lowest BCUT2D eigenvalue weighted by molar-refractivity contribution is 1.12. The third-order valence-corrected chi connectivity index (χ3v) is 2.47. The maximum atomic E-state index is 4.14. The van der Waals surface area contributed by atoms with Gasteiger partial charge in [0.15, 0.2) is 0 Å². The van der Waals surface area contributed by atoms with Crippen molar-refractivity contribution in [3.8, 4) is 0 Å². The van der Waals surface area contributed by atoms with Crippen molar-refractivity contribution in [3.63, 3.8) is 0 Å². The molecule has 17 heavy (non-hydrogen) atoms. The summed E-state index contributed by atoms with van der Waals surface area (Å²) in [6, 6.07) is 15.9. The Morgan fingerprint density at radius 2 is 1.76 bits per heavy atom. The molecule has 0 aromatic heterocycles. The molecule has 86 valence electrons. The number of hydrogen-bond donors (Lipinski definition) is 1. The van der Waals surface area contributed by atoms with E-state index in [1.165, 1.54) is 5.56 Å². The van der Waals surface area contributed by atoms with Crippen LogP contribution in [0.5, 0.6) is 0 Å². The van der Waals surface area contributed by atoms with E-state index in [1.54, 1.807) is 0 Å². The zero-order valence-electron chi connectivity index (χ0n) is 10.0. The Kier molecular flexibility index (Phi) is 3.50. The number of nitrogens with zero attached hydrogens (tertiary/aromatic N) is 2. The van der Waals surface area contributed by atoms with Crippen molar-refractivity contribution < 1.29 is 0 Å². The van der Waals surface area contributed by atoms with Gasteiger partial charge in [0.1, 0.15) is 0 Å². The van der Waals surface area contributed by atoms with Crippen LogP contribution in [0.15, 0.2) is 58.9 Å². The average molecular weight is 225 g/mol. The fourth-order valence-electron chi connectivity index (χ4n) is 1.53. The van der Waals surface area contributed by atoms with E-state index in [2.05, 4.69) is 15.8 Å². The SMILES string of the molecule is Cc1cccc(NN=Nc2ccccc2C)c1. The van der Waals surface area contributed by atoms with Crippen LogP contribution in [0.3, 0.4) is 0 Å². The predicted molar refractivity (Wildman–Crippen MR) is 70.5 cm³/mol. The quantitative estimate of drug-likeness (QED) is 0.609. The Labute approximate surface area is 101 Å². The molecule has 0 unspecified atom stereocenters. The van der Waals surface area contributed by atoms with Crippen LogP contribution in [0.1, 0.15) is 11.1 Å².